The van der Waals surface area contributed by atoms with Gasteiger partial charge in [-0.3, -0.25) is 0 Å². The Morgan fingerprint density at radius 3 is 2.62 bits per heavy atom. The first-order valence-electron chi connectivity index (χ1n) is 6.43. The fraction of sp³-hybridized carbons (Fsp3) is 0.133. The van der Waals surface area contributed by atoms with Crippen molar-refractivity contribution in [1.82, 2.24) is 25.2 Å². The van der Waals surface area contributed by atoms with E-state index in [9.17, 15) is 5.26 Å². The minimum absolute atomic E-state index is 0.407. The van der Waals surface area contributed by atoms with Crippen LogP contribution < -0.4 is 0 Å². The molecular weight excluding hydrogens is 264 g/mol. The fourth-order valence-electron chi connectivity index (χ4n) is 2.11. The molecule has 3 aromatic rings. The molecule has 3 rings (SSSR count). The van der Waals surface area contributed by atoms with Gasteiger partial charge < -0.3 is 0 Å². The van der Waals surface area contributed by atoms with Crippen molar-refractivity contribution in [1.29, 1.82) is 5.26 Å². The van der Waals surface area contributed by atoms with E-state index in [-0.39, 0.29) is 0 Å². The summed E-state index contributed by atoms with van der Waals surface area (Å²) >= 11 is 0. The quantitative estimate of drug-likeness (QED) is 0.717. The molecule has 0 bridgehead atoms. The minimum atomic E-state index is 0.407. The Bertz CT molecular complexity index is 829. The molecule has 0 fully saturated rings. The summed E-state index contributed by atoms with van der Waals surface area (Å²) in [5.41, 5.74) is 2.97. The van der Waals surface area contributed by atoms with Crippen LogP contribution in [0.3, 0.4) is 0 Å². The van der Waals surface area contributed by atoms with Crippen molar-refractivity contribution >= 4 is 0 Å². The van der Waals surface area contributed by atoms with Gasteiger partial charge in [0.1, 0.15) is 11.6 Å². The van der Waals surface area contributed by atoms with E-state index >= 15 is 0 Å². The van der Waals surface area contributed by atoms with Gasteiger partial charge in [-0.15, -0.1) is 15.0 Å². The Morgan fingerprint density at radius 1 is 1.14 bits per heavy atom. The number of pyridine rings is 1. The van der Waals surface area contributed by atoms with Crippen LogP contribution in [0.2, 0.25) is 0 Å². The number of hydrogen-bond donors (Lipinski definition) is 0. The number of benzene rings is 1. The lowest BCUT2D eigenvalue weighted by molar-refractivity contribution is 0.695. The molecule has 0 spiro atoms. The third-order valence-electron chi connectivity index (χ3n) is 3.07. The number of nitrogens with zero attached hydrogens (tertiary/aromatic N) is 6. The molecule has 1 aromatic carbocycles. The number of nitriles is 1. The summed E-state index contributed by atoms with van der Waals surface area (Å²) in [5.74, 6) is 0.908. The zero-order valence-electron chi connectivity index (χ0n) is 11.6. The molecule has 6 heteroatoms. The normalized spacial score (nSPS) is 10.3. The van der Waals surface area contributed by atoms with Gasteiger partial charge in [0, 0.05) is 11.3 Å². The lowest BCUT2D eigenvalue weighted by Crippen LogP contribution is -2.07. The highest BCUT2D eigenvalue weighted by molar-refractivity contribution is 5.54. The van der Waals surface area contributed by atoms with Gasteiger partial charge in [0.15, 0.2) is 5.82 Å². The predicted octanol–water partition coefficient (Wildman–Crippen LogP) is 2.21. The highest BCUT2D eigenvalue weighted by atomic mass is 15.6. The first-order valence-corrected chi connectivity index (χ1v) is 6.43. The van der Waals surface area contributed by atoms with E-state index in [1.807, 2.05) is 50.2 Å². The average Bonchev–Trinajstić information content (AvgIpc) is 2.97. The number of rotatable bonds is 2. The maximum atomic E-state index is 9.30. The molecule has 2 aromatic heterocycles. The molecule has 6 nitrogen and oxygen atoms in total. The Kier molecular flexibility index (Phi) is 3.16. The molecule has 0 radical (unpaired) electrons. The summed E-state index contributed by atoms with van der Waals surface area (Å²) in [6, 6.07) is 13.6. The van der Waals surface area contributed by atoms with Crippen LogP contribution in [0.15, 0.2) is 36.4 Å². The molecule has 102 valence electrons. The first kappa shape index (κ1) is 12.9. The van der Waals surface area contributed by atoms with Gasteiger partial charge in [0.25, 0.3) is 0 Å². The topological polar surface area (TPSA) is 80.3 Å². The van der Waals surface area contributed by atoms with Gasteiger partial charge in [-0.25, -0.2) is 4.98 Å². The summed E-state index contributed by atoms with van der Waals surface area (Å²) < 4.78 is 0. The van der Waals surface area contributed by atoms with Crippen LogP contribution in [0, 0.1) is 25.2 Å². The molecule has 0 saturated carbocycles. The Labute approximate surface area is 121 Å². The number of aryl methyl sites for hydroxylation is 2. The Hall–Kier alpha value is -3.07. The summed E-state index contributed by atoms with van der Waals surface area (Å²) in [7, 11) is 0. The van der Waals surface area contributed by atoms with Crippen LogP contribution in [0.25, 0.3) is 17.2 Å². The van der Waals surface area contributed by atoms with Gasteiger partial charge in [-0.05, 0) is 30.7 Å². The summed E-state index contributed by atoms with van der Waals surface area (Å²) in [5, 5.41) is 21.7. The van der Waals surface area contributed by atoms with Gasteiger partial charge in [-0.1, -0.05) is 30.3 Å². The van der Waals surface area contributed by atoms with E-state index < -0.39 is 0 Å². The zero-order chi connectivity index (χ0) is 14.8. The smallest absolute Gasteiger partial charge is 0.205 e. The van der Waals surface area contributed by atoms with Gasteiger partial charge >= 0.3 is 0 Å². The van der Waals surface area contributed by atoms with E-state index in [4.69, 9.17) is 0 Å². The molecule has 2 heterocycles. The Balaban J connectivity index is 2.11. The van der Waals surface area contributed by atoms with Crippen LogP contribution in [-0.2, 0) is 0 Å². The molecule has 0 amide bonds. The first-order chi connectivity index (χ1) is 10.2. The minimum Gasteiger partial charge on any atom is -0.231 e. The SMILES string of the molecule is Cc1cc(C)c(C#N)c(-n2nnc(-c3ccccc3)n2)n1. The monoisotopic (exact) mass is 276 g/mol. The van der Waals surface area contributed by atoms with Crippen molar-refractivity contribution in [3.05, 3.63) is 53.2 Å². The van der Waals surface area contributed by atoms with Gasteiger partial charge in [0.05, 0.1) is 0 Å². The van der Waals surface area contributed by atoms with Gasteiger partial charge in [0.2, 0.25) is 5.82 Å². The lowest BCUT2D eigenvalue weighted by Gasteiger charge is -2.05. The van der Waals surface area contributed by atoms with E-state index in [1.54, 1.807) is 0 Å². The molecule has 0 saturated heterocycles. The molecule has 0 N–H and O–H groups in total. The zero-order valence-corrected chi connectivity index (χ0v) is 11.6. The van der Waals surface area contributed by atoms with Crippen molar-refractivity contribution in [3.8, 4) is 23.3 Å². The fourth-order valence-corrected chi connectivity index (χ4v) is 2.11. The van der Waals surface area contributed by atoms with Crippen LogP contribution in [0.5, 0.6) is 0 Å². The highest BCUT2D eigenvalue weighted by Gasteiger charge is 2.14. The van der Waals surface area contributed by atoms with E-state index in [0.29, 0.717) is 17.2 Å². The van der Waals surface area contributed by atoms with Crippen LogP contribution >= 0.6 is 0 Å². The highest BCUT2D eigenvalue weighted by Crippen LogP contribution is 2.17. The van der Waals surface area contributed by atoms with Crippen molar-refractivity contribution in [2.24, 2.45) is 0 Å². The van der Waals surface area contributed by atoms with Crippen molar-refractivity contribution in [2.45, 2.75) is 13.8 Å². The molecular formula is C15H12N6. The molecule has 0 atom stereocenters. The average molecular weight is 276 g/mol. The second kappa shape index (κ2) is 5.13. The van der Waals surface area contributed by atoms with Crippen LogP contribution in [-0.4, -0.2) is 25.2 Å². The van der Waals surface area contributed by atoms with Crippen molar-refractivity contribution in [3.63, 3.8) is 0 Å². The van der Waals surface area contributed by atoms with Crippen molar-refractivity contribution in [2.75, 3.05) is 0 Å². The Morgan fingerprint density at radius 2 is 1.90 bits per heavy atom. The maximum Gasteiger partial charge on any atom is 0.205 e. The summed E-state index contributed by atoms with van der Waals surface area (Å²) in [6.45, 7) is 3.73. The molecule has 0 aliphatic carbocycles. The summed E-state index contributed by atoms with van der Waals surface area (Å²) in [4.78, 5) is 5.66. The second-order valence-corrected chi connectivity index (χ2v) is 4.66. The summed E-state index contributed by atoms with van der Waals surface area (Å²) in [6.07, 6.45) is 0. The van der Waals surface area contributed by atoms with Crippen LogP contribution in [0.1, 0.15) is 16.8 Å². The van der Waals surface area contributed by atoms with E-state index in [1.165, 1.54) is 4.80 Å². The van der Waals surface area contributed by atoms with Crippen molar-refractivity contribution < 1.29 is 0 Å². The van der Waals surface area contributed by atoms with E-state index in [2.05, 4.69) is 26.5 Å². The standard InChI is InChI=1S/C15H12N6/c1-10-8-11(2)17-15(13(10)9-16)21-19-14(18-20-21)12-6-4-3-5-7-12/h3-8H,1-2H3. The number of tetrazole rings is 1. The van der Waals surface area contributed by atoms with E-state index in [0.717, 1.165) is 16.8 Å². The maximum absolute atomic E-state index is 9.30. The largest absolute Gasteiger partial charge is 0.231 e. The van der Waals surface area contributed by atoms with Crippen LogP contribution in [0.4, 0.5) is 0 Å². The van der Waals surface area contributed by atoms with Gasteiger partial charge in [-0.2, -0.15) is 5.26 Å². The number of hydrogen-bond acceptors (Lipinski definition) is 5. The molecule has 21 heavy (non-hydrogen) atoms. The third kappa shape index (κ3) is 2.37. The lowest BCUT2D eigenvalue weighted by atomic mass is 10.1. The third-order valence-corrected chi connectivity index (χ3v) is 3.07. The molecule has 0 unspecified atom stereocenters. The second-order valence-electron chi connectivity index (χ2n) is 4.66. The predicted molar refractivity (Wildman–Crippen MR) is 76.6 cm³/mol. The number of aromatic nitrogens is 5. The molecule has 0 aliphatic rings. The molecule has 0 aliphatic heterocycles.